The van der Waals surface area contributed by atoms with Crippen molar-refractivity contribution < 1.29 is 19.2 Å². The second kappa shape index (κ2) is 7.22. The zero-order chi connectivity index (χ0) is 19.7. The van der Waals surface area contributed by atoms with Gasteiger partial charge in [-0.3, -0.25) is 29.5 Å². The Kier molecular flexibility index (Phi) is 4.60. The van der Waals surface area contributed by atoms with Gasteiger partial charge in [-0.1, -0.05) is 12.1 Å². The topological polar surface area (TPSA) is 108 Å². The van der Waals surface area contributed by atoms with E-state index in [1.54, 1.807) is 36.7 Å². The van der Waals surface area contributed by atoms with Gasteiger partial charge in [-0.05, 0) is 35.7 Å². The van der Waals surface area contributed by atoms with Crippen molar-refractivity contribution in [3.63, 3.8) is 0 Å². The molecule has 1 fully saturated rings. The smallest absolute Gasteiger partial charge is 0.255 e. The van der Waals surface area contributed by atoms with E-state index in [-0.39, 0.29) is 37.2 Å². The van der Waals surface area contributed by atoms with Gasteiger partial charge in [0.05, 0.1) is 0 Å². The van der Waals surface area contributed by atoms with Crippen LogP contribution < -0.4 is 10.6 Å². The van der Waals surface area contributed by atoms with Crippen molar-refractivity contribution in [2.24, 2.45) is 0 Å². The minimum absolute atomic E-state index is 0.214. The average molecular weight is 378 g/mol. The molecule has 2 aromatic rings. The summed E-state index contributed by atoms with van der Waals surface area (Å²) in [7, 11) is 0. The lowest BCUT2D eigenvalue weighted by atomic mass is 10.0. The van der Waals surface area contributed by atoms with Crippen LogP contribution in [0, 0.1) is 0 Å². The zero-order valence-corrected chi connectivity index (χ0v) is 15.0. The number of hydrogen-bond acceptors (Lipinski definition) is 5. The van der Waals surface area contributed by atoms with Crippen molar-refractivity contribution in [1.82, 2.24) is 20.5 Å². The van der Waals surface area contributed by atoms with Gasteiger partial charge in [0.25, 0.3) is 11.8 Å². The number of fused-ring (bicyclic) bond motifs is 1. The van der Waals surface area contributed by atoms with Crippen molar-refractivity contribution in [2.75, 3.05) is 0 Å². The Balaban J connectivity index is 1.51. The minimum Gasteiger partial charge on any atom is -0.348 e. The van der Waals surface area contributed by atoms with Gasteiger partial charge < -0.3 is 10.2 Å². The first kappa shape index (κ1) is 17.8. The summed E-state index contributed by atoms with van der Waals surface area (Å²) >= 11 is 0. The molecule has 8 heteroatoms. The van der Waals surface area contributed by atoms with Gasteiger partial charge in [0, 0.05) is 43.0 Å². The first-order chi connectivity index (χ1) is 13.5. The van der Waals surface area contributed by atoms with Crippen LogP contribution in [-0.4, -0.2) is 39.6 Å². The molecule has 2 N–H and O–H groups in total. The molecule has 1 aromatic carbocycles. The standard InChI is InChI=1S/C20H18N4O4/c25-17-5-4-16(19(27)23-17)24-11-15-13(2-1-3-14(15)20(24)28)10-22-18(26)12-6-8-21-9-7-12/h1-3,6-9,16H,4-5,10-11H2,(H,22,26)(H,23,25,27). The fourth-order valence-corrected chi connectivity index (χ4v) is 3.60. The molecule has 1 aromatic heterocycles. The Labute approximate surface area is 160 Å². The Morgan fingerprint density at radius 1 is 1.18 bits per heavy atom. The highest BCUT2D eigenvalue weighted by molar-refractivity contribution is 6.05. The normalized spacial score (nSPS) is 18.6. The number of aromatic nitrogens is 1. The Morgan fingerprint density at radius 3 is 2.71 bits per heavy atom. The van der Waals surface area contributed by atoms with Crippen LogP contribution in [0.2, 0.25) is 0 Å². The molecule has 8 nitrogen and oxygen atoms in total. The van der Waals surface area contributed by atoms with E-state index in [2.05, 4.69) is 15.6 Å². The molecule has 1 unspecified atom stereocenters. The van der Waals surface area contributed by atoms with Crippen molar-refractivity contribution in [2.45, 2.75) is 32.0 Å². The van der Waals surface area contributed by atoms with Gasteiger partial charge in [0.15, 0.2) is 0 Å². The lowest BCUT2D eigenvalue weighted by molar-refractivity contribution is -0.136. The first-order valence-electron chi connectivity index (χ1n) is 8.98. The third-order valence-corrected chi connectivity index (χ3v) is 5.06. The number of piperidine rings is 1. The lowest BCUT2D eigenvalue weighted by Crippen LogP contribution is -2.52. The van der Waals surface area contributed by atoms with Gasteiger partial charge in [0.2, 0.25) is 11.8 Å². The van der Waals surface area contributed by atoms with Crippen LogP contribution in [0.1, 0.15) is 44.7 Å². The number of nitrogens with zero attached hydrogens (tertiary/aromatic N) is 2. The molecule has 0 saturated carbocycles. The predicted octanol–water partition coefficient (Wildman–Crippen LogP) is 0.773. The van der Waals surface area contributed by atoms with Gasteiger partial charge in [-0.25, -0.2) is 0 Å². The molecule has 1 saturated heterocycles. The molecule has 0 aliphatic carbocycles. The van der Waals surface area contributed by atoms with Gasteiger partial charge in [-0.2, -0.15) is 0 Å². The summed E-state index contributed by atoms with van der Waals surface area (Å²) in [5.74, 6) is -1.21. The van der Waals surface area contributed by atoms with Crippen molar-refractivity contribution >= 4 is 23.6 Å². The second-order valence-electron chi connectivity index (χ2n) is 6.76. The maximum absolute atomic E-state index is 12.8. The summed E-state index contributed by atoms with van der Waals surface area (Å²) in [6, 6.07) is 7.93. The van der Waals surface area contributed by atoms with Crippen LogP contribution in [0.15, 0.2) is 42.7 Å². The molecule has 142 valence electrons. The van der Waals surface area contributed by atoms with Crippen molar-refractivity contribution in [1.29, 1.82) is 0 Å². The summed E-state index contributed by atoms with van der Waals surface area (Å²) in [6.45, 7) is 0.544. The highest BCUT2D eigenvalue weighted by Crippen LogP contribution is 2.29. The van der Waals surface area contributed by atoms with Crippen LogP contribution in [0.3, 0.4) is 0 Å². The summed E-state index contributed by atoms with van der Waals surface area (Å²) < 4.78 is 0. The van der Waals surface area contributed by atoms with Crippen LogP contribution in [0.4, 0.5) is 0 Å². The molecule has 0 bridgehead atoms. The third-order valence-electron chi connectivity index (χ3n) is 5.06. The Hall–Kier alpha value is -3.55. The van der Waals surface area contributed by atoms with E-state index in [1.807, 2.05) is 6.07 Å². The number of pyridine rings is 1. The van der Waals surface area contributed by atoms with Crippen LogP contribution in [0.5, 0.6) is 0 Å². The van der Waals surface area contributed by atoms with Crippen LogP contribution >= 0.6 is 0 Å². The number of hydrogen-bond donors (Lipinski definition) is 2. The van der Waals surface area contributed by atoms with E-state index in [0.717, 1.165) is 11.1 Å². The minimum atomic E-state index is -0.656. The van der Waals surface area contributed by atoms with Crippen molar-refractivity contribution in [3.05, 3.63) is 65.0 Å². The zero-order valence-electron chi connectivity index (χ0n) is 15.0. The van der Waals surface area contributed by atoms with E-state index >= 15 is 0 Å². The highest BCUT2D eigenvalue weighted by Gasteiger charge is 2.39. The molecule has 4 amide bonds. The molecule has 2 aliphatic rings. The molecule has 3 heterocycles. The number of nitrogens with one attached hydrogen (secondary N) is 2. The maximum atomic E-state index is 12.8. The SMILES string of the molecule is O=C1CCC(N2Cc3c(CNC(=O)c4ccncc4)cccc3C2=O)C(=O)N1. The largest absolute Gasteiger partial charge is 0.348 e. The fraction of sp³-hybridized carbons (Fsp3) is 0.250. The van der Waals surface area contributed by atoms with Crippen LogP contribution in [0.25, 0.3) is 0 Å². The third kappa shape index (κ3) is 3.24. The molecule has 0 radical (unpaired) electrons. The summed E-state index contributed by atoms with van der Waals surface area (Å²) in [5, 5.41) is 5.14. The molecular weight excluding hydrogens is 360 g/mol. The summed E-state index contributed by atoms with van der Waals surface area (Å²) in [6.07, 6.45) is 3.63. The second-order valence-corrected chi connectivity index (χ2v) is 6.76. The Morgan fingerprint density at radius 2 is 1.96 bits per heavy atom. The quantitative estimate of drug-likeness (QED) is 0.764. The van der Waals surface area contributed by atoms with E-state index in [9.17, 15) is 19.2 Å². The van der Waals surface area contributed by atoms with E-state index < -0.39 is 11.9 Å². The van der Waals surface area contributed by atoms with E-state index in [4.69, 9.17) is 0 Å². The average Bonchev–Trinajstić information content (AvgIpc) is 3.04. The van der Waals surface area contributed by atoms with Gasteiger partial charge in [-0.15, -0.1) is 0 Å². The van der Waals surface area contributed by atoms with Crippen molar-refractivity contribution in [3.8, 4) is 0 Å². The number of carbonyl (C=O) groups is 4. The van der Waals surface area contributed by atoms with Gasteiger partial charge in [0.1, 0.15) is 6.04 Å². The Bertz CT molecular complexity index is 973. The van der Waals surface area contributed by atoms with E-state index in [0.29, 0.717) is 17.5 Å². The number of rotatable bonds is 4. The lowest BCUT2D eigenvalue weighted by Gasteiger charge is -2.29. The maximum Gasteiger partial charge on any atom is 0.255 e. The monoisotopic (exact) mass is 378 g/mol. The summed E-state index contributed by atoms with van der Waals surface area (Å²) in [5.41, 5.74) is 2.65. The number of imide groups is 1. The molecule has 1 atom stereocenters. The molecule has 28 heavy (non-hydrogen) atoms. The summed E-state index contributed by atoms with van der Waals surface area (Å²) in [4.78, 5) is 54.0. The van der Waals surface area contributed by atoms with Gasteiger partial charge >= 0.3 is 0 Å². The number of benzene rings is 1. The molecule has 2 aliphatic heterocycles. The first-order valence-corrected chi connectivity index (χ1v) is 8.98. The predicted molar refractivity (Wildman–Crippen MR) is 97.9 cm³/mol. The molecular formula is C20H18N4O4. The number of carbonyl (C=O) groups excluding carboxylic acids is 4. The molecule has 4 rings (SSSR count). The molecule has 0 spiro atoms. The highest BCUT2D eigenvalue weighted by atomic mass is 16.2. The fourth-order valence-electron chi connectivity index (χ4n) is 3.60. The number of amides is 4. The van der Waals surface area contributed by atoms with Crippen LogP contribution in [-0.2, 0) is 22.7 Å². The van der Waals surface area contributed by atoms with E-state index in [1.165, 1.54) is 4.90 Å².